The summed E-state index contributed by atoms with van der Waals surface area (Å²) < 4.78 is 5.31. The second-order valence-electron chi connectivity index (χ2n) is 4.35. The molecule has 0 unspecified atom stereocenters. The topological polar surface area (TPSA) is 107 Å². The van der Waals surface area contributed by atoms with Crippen molar-refractivity contribution in [1.29, 1.82) is 0 Å². The first-order valence-electron chi connectivity index (χ1n) is 6.22. The third-order valence-corrected chi connectivity index (χ3v) is 2.66. The van der Waals surface area contributed by atoms with Crippen LogP contribution in [0, 0.1) is 0 Å². The Bertz CT molecular complexity index is 671. The molecule has 2 rings (SSSR count). The van der Waals surface area contributed by atoms with Gasteiger partial charge in [0.25, 0.3) is 5.91 Å². The molecule has 0 aliphatic carbocycles. The van der Waals surface area contributed by atoms with Crippen molar-refractivity contribution in [2.45, 2.75) is 0 Å². The Labute approximate surface area is 121 Å². The molecule has 2 aromatic rings. The third-order valence-electron chi connectivity index (χ3n) is 2.66. The summed E-state index contributed by atoms with van der Waals surface area (Å²) in [5, 5.41) is 2.62. The lowest BCUT2D eigenvalue weighted by molar-refractivity contribution is -0.118. The fraction of sp³-hybridized carbons (Fsp3) is 0.0667. The van der Waals surface area contributed by atoms with Gasteiger partial charge in [0.1, 0.15) is 5.75 Å². The quantitative estimate of drug-likeness (QED) is 0.721. The molecule has 2 aromatic carbocycles. The second-order valence-corrected chi connectivity index (χ2v) is 4.35. The Balaban J connectivity index is 1.93. The van der Waals surface area contributed by atoms with Crippen LogP contribution in [0.15, 0.2) is 48.5 Å². The molecule has 6 nitrogen and oxygen atoms in total. The predicted octanol–water partition coefficient (Wildman–Crippen LogP) is 1.39. The maximum atomic E-state index is 11.8. The van der Waals surface area contributed by atoms with Crippen molar-refractivity contribution in [3.8, 4) is 5.75 Å². The van der Waals surface area contributed by atoms with Crippen molar-refractivity contribution in [1.82, 2.24) is 0 Å². The van der Waals surface area contributed by atoms with Crippen LogP contribution in [0.25, 0.3) is 0 Å². The predicted molar refractivity (Wildman–Crippen MR) is 79.9 cm³/mol. The molecule has 0 saturated heterocycles. The van der Waals surface area contributed by atoms with Gasteiger partial charge < -0.3 is 21.5 Å². The van der Waals surface area contributed by atoms with Crippen LogP contribution in [0.5, 0.6) is 5.75 Å². The number of primary amides is 1. The minimum atomic E-state index is -0.554. The Morgan fingerprint density at radius 3 is 2.57 bits per heavy atom. The number of rotatable bonds is 5. The third kappa shape index (κ3) is 4.24. The lowest BCUT2D eigenvalue weighted by atomic mass is 10.2. The summed E-state index contributed by atoms with van der Waals surface area (Å²) in [5.74, 6) is -0.391. The molecule has 5 N–H and O–H groups in total. The lowest BCUT2D eigenvalue weighted by Crippen LogP contribution is -2.20. The highest BCUT2D eigenvalue weighted by Gasteiger charge is 2.06. The number of hydrogen-bond donors (Lipinski definition) is 3. The molecule has 0 spiro atoms. The molecule has 6 heteroatoms. The smallest absolute Gasteiger partial charge is 0.262 e. The summed E-state index contributed by atoms with van der Waals surface area (Å²) in [6.07, 6.45) is 0. The van der Waals surface area contributed by atoms with Gasteiger partial charge in [-0.1, -0.05) is 12.1 Å². The lowest BCUT2D eigenvalue weighted by Gasteiger charge is -2.08. The van der Waals surface area contributed by atoms with Crippen molar-refractivity contribution in [3.63, 3.8) is 0 Å². The van der Waals surface area contributed by atoms with Gasteiger partial charge in [-0.3, -0.25) is 9.59 Å². The SMILES string of the molecule is NC(=O)c1cccc(NC(=O)COc2cccc(N)c2)c1. The number of anilines is 2. The van der Waals surface area contributed by atoms with Crippen LogP contribution >= 0.6 is 0 Å². The van der Waals surface area contributed by atoms with E-state index in [-0.39, 0.29) is 12.5 Å². The van der Waals surface area contributed by atoms with Gasteiger partial charge in [-0.2, -0.15) is 0 Å². The molecular weight excluding hydrogens is 270 g/mol. The summed E-state index contributed by atoms with van der Waals surface area (Å²) in [6.45, 7) is -0.162. The molecule has 0 aromatic heterocycles. The number of ether oxygens (including phenoxy) is 1. The van der Waals surface area contributed by atoms with E-state index in [1.54, 1.807) is 42.5 Å². The van der Waals surface area contributed by atoms with Crippen LogP contribution in [0.1, 0.15) is 10.4 Å². The van der Waals surface area contributed by atoms with Crippen LogP contribution in [0.4, 0.5) is 11.4 Å². The monoisotopic (exact) mass is 285 g/mol. The maximum absolute atomic E-state index is 11.8. The van der Waals surface area contributed by atoms with E-state index in [2.05, 4.69) is 5.32 Å². The normalized spacial score (nSPS) is 9.90. The van der Waals surface area contributed by atoms with E-state index in [0.29, 0.717) is 22.7 Å². The summed E-state index contributed by atoms with van der Waals surface area (Å²) in [6, 6.07) is 13.2. The van der Waals surface area contributed by atoms with E-state index in [4.69, 9.17) is 16.2 Å². The van der Waals surface area contributed by atoms with Gasteiger partial charge in [0.2, 0.25) is 5.91 Å². The molecule has 108 valence electrons. The van der Waals surface area contributed by atoms with Crippen LogP contribution in [0.3, 0.4) is 0 Å². The molecule has 0 heterocycles. The zero-order chi connectivity index (χ0) is 15.2. The number of nitrogen functional groups attached to an aromatic ring is 1. The van der Waals surface area contributed by atoms with Crippen molar-refractivity contribution in [2.75, 3.05) is 17.7 Å². The Morgan fingerprint density at radius 1 is 1.10 bits per heavy atom. The van der Waals surface area contributed by atoms with Gasteiger partial charge in [-0.15, -0.1) is 0 Å². The van der Waals surface area contributed by atoms with E-state index in [9.17, 15) is 9.59 Å². The number of nitrogens with one attached hydrogen (secondary N) is 1. The number of nitrogens with two attached hydrogens (primary N) is 2. The molecule has 0 atom stereocenters. The van der Waals surface area contributed by atoms with Gasteiger partial charge in [-0.05, 0) is 30.3 Å². The van der Waals surface area contributed by atoms with Crippen molar-refractivity contribution in [3.05, 3.63) is 54.1 Å². The van der Waals surface area contributed by atoms with Crippen LogP contribution in [-0.4, -0.2) is 18.4 Å². The second kappa shape index (κ2) is 6.42. The van der Waals surface area contributed by atoms with E-state index in [1.807, 2.05) is 0 Å². The van der Waals surface area contributed by atoms with Crippen molar-refractivity contribution < 1.29 is 14.3 Å². The van der Waals surface area contributed by atoms with E-state index >= 15 is 0 Å². The van der Waals surface area contributed by atoms with Gasteiger partial charge in [-0.25, -0.2) is 0 Å². The summed E-state index contributed by atoms with van der Waals surface area (Å²) in [7, 11) is 0. The van der Waals surface area contributed by atoms with Crippen molar-refractivity contribution in [2.24, 2.45) is 5.73 Å². The standard InChI is InChI=1S/C15H15N3O3/c16-11-4-2-6-13(8-11)21-9-14(19)18-12-5-1-3-10(7-12)15(17)20/h1-8H,9,16H2,(H2,17,20)(H,18,19). The molecule has 0 fully saturated rings. The Kier molecular flexibility index (Phi) is 4.40. The highest BCUT2D eigenvalue weighted by molar-refractivity contribution is 5.96. The van der Waals surface area contributed by atoms with E-state index in [1.165, 1.54) is 6.07 Å². The molecule has 0 aliphatic rings. The van der Waals surface area contributed by atoms with Gasteiger partial charge in [0.15, 0.2) is 6.61 Å². The Morgan fingerprint density at radius 2 is 1.86 bits per heavy atom. The van der Waals surface area contributed by atoms with E-state index in [0.717, 1.165) is 0 Å². The van der Waals surface area contributed by atoms with Crippen LogP contribution < -0.4 is 21.5 Å². The number of carbonyl (C=O) groups is 2. The van der Waals surface area contributed by atoms with E-state index < -0.39 is 5.91 Å². The number of hydrogen-bond acceptors (Lipinski definition) is 4. The van der Waals surface area contributed by atoms with Gasteiger partial charge in [0.05, 0.1) is 0 Å². The van der Waals surface area contributed by atoms with Crippen LogP contribution in [0.2, 0.25) is 0 Å². The summed E-state index contributed by atoms with van der Waals surface area (Å²) >= 11 is 0. The first-order chi connectivity index (χ1) is 10.0. The molecular formula is C15H15N3O3. The van der Waals surface area contributed by atoms with Crippen molar-refractivity contribution >= 4 is 23.2 Å². The largest absolute Gasteiger partial charge is 0.484 e. The zero-order valence-electron chi connectivity index (χ0n) is 11.2. The minimum absolute atomic E-state index is 0.162. The van der Waals surface area contributed by atoms with Gasteiger partial charge >= 0.3 is 0 Å². The highest BCUT2D eigenvalue weighted by Crippen LogP contribution is 2.14. The van der Waals surface area contributed by atoms with Crippen LogP contribution in [-0.2, 0) is 4.79 Å². The minimum Gasteiger partial charge on any atom is -0.484 e. The molecule has 0 aliphatic heterocycles. The number of benzene rings is 2. The first-order valence-corrected chi connectivity index (χ1v) is 6.22. The molecule has 0 saturated carbocycles. The average molecular weight is 285 g/mol. The highest BCUT2D eigenvalue weighted by atomic mass is 16.5. The zero-order valence-corrected chi connectivity index (χ0v) is 11.2. The summed E-state index contributed by atoms with van der Waals surface area (Å²) in [5.41, 5.74) is 12.1. The number of carbonyl (C=O) groups excluding carboxylic acids is 2. The average Bonchev–Trinajstić information content (AvgIpc) is 2.45. The van der Waals surface area contributed by atoms with Gasteiger partial charge in [0, 0.05) is 23.0 Å². The molecule has 0 radical (unpaired) electrons. The molecule has 2 amide bonds. The summed E-state index contributed by atoms with van der Waals surface area (Å²) in [4.78, 5) is 22.8. The fourth-order valence-corrected chi connectivity index (χ4v) is 1.70. The maximum Gasteiger partial charge on any atom is 0.262 e. The number of amides is 2. The fourth-order valence-electron chi connectivity index (χ4n) is 1.70. The first kappa shape index (κ1) is 14.4. The molecule has 0 bridgehead atoms. The molecule has 21 heavy (non-hydrogen) atoms. The Hall–Kier alpha value is -3.02.